The highest BCUT2D eigenvalue weighted by Crippen LogP contribution is 2.31. The molecule has 1 amide bonds. The summed E-state index contributed by atoms with van der Waals surface area (Å²) in [5, 5.41) is 4.77. The van der Waals surface area contributed by atoms with Crippen LogP contribution in [0.5, 0.6) is 0 Å². The largest absolute Gasteiger partial charge is 0.466 e. The monoisotopic (exact) mass is 446 g/mol. The number of para-hydroxylation sites is 1. The molecule has 0 atom stereocenters. The second-order valence-electron chi connectivity index (χ2n) is 7.03. The summed E-state index contributed by atoms with van der Waals surface area (Å²) in [4.78, 5) is 34.0. The molecule has 0 aliphatic rings. The standard InChI is InChI=1S/C24H22N4O3S/c1-2-31-20(29)13-16-7-3-4-9-18(16)27-24(30)23-26-19-10-11-32-22(19)21(28-23)17-8-5-6-15(12-17)14-25/h3-12H,2,13-14,25H2,1H3,(H,27,30). The highest BCUT2D eigenvalue weighted by molar-refractivity contribution is 7.17. The molecule has 2 aromatic heterocycles. The summed E-state index contributed by atoms with van der Waals surface area (Å²) >= 11 is 1.52. The summed E-state index contributed by atoms with van der Waals surface area (Å²) in [6, 6.07) is 16.8. The van der Waals surface area contributed by atoms with Crippen LogP contribution in [0.15, 0.2) is 60.0 Å². The van der Waals surface area contributed by atoms with Crippen LogP contribution in [0.4, 0.5) is 5.69 Å². The number of esters is 1. The fourth-order valence-corrected chi connectivity index (χ4v) is 4.19. The third-order valence-electron chi connectivity index (χ3n) is 4.85. The summed E-state index contributed by atoms with van der Waals surface area (Å²) < 4.78 is 5.93. The molecular formula is C24H22N4O3S. The van der Waals surface area contributed by atoms with Crippen molar-refractivity contribution in [3.05, 3.63) is 76.9 Å². The van der Waals surface area contributed by atoms with Crippen molar-refractivity contribution in [2.45, 2.75) is 19.9 Å². The van der Waals surface area contributed by atoms with Crippen molar-refractivity contribution in [1.29, 1.82) is 0 Å². The number of carbonyl (C=O) groups is 2. The van der Waals surface area contributed by atoms with Gasteiger partial charge in [0.15, 0.2) is 0 Å². The van der Waals surface area contributed by atoms with Crippen LogP contribution in [0.1, 0.15) is 28.7 Å². The lowest BCUT2D eigenvalue weighted by atomic mass is 10.1. The molecular weight excluding hydrogens is 424 g/mol. The first-order valence-electron chi connectivity index (χ1n) is 10.2. The number of hydrogen-bond acceptors (Lipinski definition) is 7. The molecule has 4 rings (SSSR count). The number of carbonyl (C=O) groups excluding carboxylic acids is 2. The number of hydrogen-bond donors (Lipinski definition) is 2. The van der Waals surface area contributed by atoms with E-state index in [9.17, 15) is 9.59 Å². The first-order chi connectivity index (χ1) is 15.6. The number of benzene rings is 2. The first kappa shape index (κ1) is 21.6. The van der Waals surface area contributed by atoms with Crippen molar-refractivity contribution in [1.82, 2.24) is 9.97 Å². The topological polar surface area (TPSA) is 107 Å². The normalized spacial score (nSPS) is 10.8. The van der Waals surface area contributed by atoms with E-state index in [1.54, 1.807) is 31.2 Å². The summed E-state index contributed by atoms with van der Waals surface area (Å²) in [6.45, 7) is 2.47. The molecule has 3 N–H and O–H groups in total. The SMILES string of the molecule is CCOC(=O)Cc1ccccc1NC(=O)c1nc(-c2cccc(CN)c2)c2sccc2n1. The van der Waals surface area contributed by atoms with Crippen molar-refractivity contribution in [3.63, 3.8) is 0 Å². The zero-order valence-corrected chi connectivity index (χ0v) is 18.3. The Morgan fingerprint density at radius 3 is 2.75 bits per heavy atom. The molecule has 0 spiro atoms. The van der Waals surface area contributed by atoms with Gasteiger partial charge in [-0.3, -0.25) is 9.59 Å². The molecule has 0 aliphatic carbocycles. The minimum atomic E-state index is -0.453. The number of thiophene rings is 1. The first-order valence-corrected chi connectivity index (χ1v) is 11.1. The molecule has 4 aromatic rings. The van der Waals surface area contributed by atoms with Crippen LogP contribution in [-0.2, 0) is 22.5 Å². The Morgan fingerprint density at radius 1 is 1.09 bits per heavy atom. The van der Waals surface area contributed by atoms with Crippen LogP contribution >= 0.6 is 11.3 Å². The molecule has 0 fully saturated rings. The molecule has 0 saturated heterocycles. The van der Waals surface area contributed by atoms with Crippen molar-refractivity contribution >= 4 is 39.1 Å². The Morgan fingerprint density at radius 2 is 1.94 bits per heavy atom. The zero-order valence-electron chi connectivity index (χ0n) is 17.5. The van der Waals surface area contributed by atoms with Gasteiger partial charge in [-0.15, -0.1) is 11.3 Å². The number of fused-ring (bicyclic) bond motifs is 1. The maximum absolute atomic E-state index is 13.1. The van der Waals surface area contributed by atoms with Crippen molar-refractivity contribution in [2.24, 2.45) is 5.73 Å². The summed E-state index contributed by atoms with van der Waals surface area (Å²) in [7, 11) is 0. The van der Waals surface area contributed by atoms with Gasteiger partial charge in [0, 0.05) is 17.8 Å². The number of aromatic nitrogens is 2. The molecule has 0 saturated carbocycles. The van der Waals surface area contributed by atoms with Crippen molar-refractivity contribution < 1.29 is 14.3 Å². The van der Waals surface area contributed by atoms with Gasteiger partial charge in [0.25, 0.3) is 5.91 Å². The van der Waals surface area contributed by atoms with Gasteiger partial charge < -0.3 is 15.8 Å². The van der Waals surface area contributed by atoms with Gasteiger partial charge in [-0.05, 0) is 41.6 Å². The Hall–Kier alpha value is -3.62. The minimum Gasteiger partial charge on any atom is -0.466 e. The molecule has 32 heavy (non-hydrogen) atoms. The lowest BCUT2D eigenvalue weighted by molar-refractivity contribution is -0.142. The molecule has 7 nitrogen and oxygen atoms in total. The number of ether oxygens (including phenoxy) is 1. The van der Waals surface area contributed by atoms with Crippen molar-refractivity contribution in [2.75, 3.05) is 11.9 Å². The van der Waals surface area contributed by atoms with Gasteiger partial charge in [0.05, 0.1) is 28.9 Å². The summed E-state index contributed by atoms with van der Waals surface area (Å²) in [5.74, 6) is -0.757. The van der Waals surface area contributed by atoms with E-state index in [4.69, 9.17) is 10.5 Å². The minimum absolute atomic E-state index is 0.0509. The molecule has 2 heterocycles. The number of rotatable bonds is 7. The highest BCUT2D eigenvalue weighted by Gasteiger charge is 2.18. The van der Waals surface area contributed by atoms with E-state index in [0.29, 0.717) is 35.6 Å². The number of nitrogens with zero attached hydrogens (tertiary/aromatic N) is 2. The average molecular weight is 447 g/mol. The summed E-state index contributed by atoms with van der Waals surface area (Å²) in [6.07, 6.45) is 0.0614. The van der Waals surface area contributed by atoms with E-state index in [1.807, 2.05) is 35.7 Å². The van der Waals surface area contributed by atoms with Gasteiger partial charge in [-0.2, -0.15) is 0 Å². The second kappa shape index (κ2) is 9.67. The number of nitrogens with one attached hydrogen (secondary N) is 1. The fourth-order valence-electron chi connectivity index (χ4n) is 3.35. The van der Waals surface area contributed by atoms with E-state index in [1.165, 1.54) is 11.3 Å². The van der Waals surface area contributed by atoms with Gasteiger partial charge >= 0.3 is 5.97 Å². The van der Waals surface area contributed by atoms with Crippen LogP contribution in [0.3, 0.4) is 0 Å². The molecule has 162 valence electrons. The molecule has 0 radical (unpaired) electrons. The maximum atomic E-state index is 13.1. The molecule has 0 aliphatic heterocycles. The molecule has 0 bridgehead atoms. The van der Waals surface area contributed by atoms with Gasteiger partial charge in [0.2, 0.25) is 5.82 Å². The lowest BCUT2D eigenvalue weighted by Gasteiger charge is -2.11. The second-order valence-corrected chi connectivity index (χ2v) is 7.94. The lowest BCUT2D eigenvalue weighted by Crippen LogP contribution is -2.18. The Bertz CT molecular complexity index is 1290. The van der Waals surface area contributed by atoms with E-state index in [2.05, 4.69) is 15.3 Å². The third kappa shape index (κ3) is 4.66. The molecule has 8 heteroatoms. The van der Waals surface area contributed by atoms with E-state index in [0.717, 1.165) is 15.8 Å². The predicted molar refractivity (Wildman–Crippen MR) is 125 cm³/mol. The predicted octanol–water partition coefficient (Wildman–Crippen LogP) is 4.17. The zero-order chi connectivity index (χ0) is 22.5. The van der Waals surface area contributed by atoms with Gasteiger partial charge in [0.1, 0.15) is 0 Å². The third-order valence-corrected chi connectivity index (χ3v) is 5.76. The molecule has 0 unspecified atom stereocenters. The van der Waals surface area contributed by atoms with Crippen LogP contribution in [0, 0.1) is 0 Å². The summed E-state index contributed by atoms with van der Waals surface area (Å²) in [5.41, 5.74) is 10.2. The van der Waals surface area contributed by atoms with Gasteiger partial charge in [-0.25, -0.2) is 9.97 Å². The van der Waals surface area contributed by atoms with Crippen LogP contribution in [-0.4, -0.2) is 28.5 Å². The van der Waals surface area contributed by atoms with Gasteiger partial charge in [-0.1, -0.05) is 36.4 Å². The number of amides is 1. The van der Waals surface area contributed by atoms with E-state index >= 15 is 0 Å². The Kier molecular flexibility index (Phi) is 6.53. The van der Waals surface area contributed by atoms with E-state index in [-0.39, 0.29) is 18.2 Å². The number of nitrogens with two attached hydrogens (primary N) is 1. The van der Waals surface area contributed by atoms with Crippen LogP contribution in [0.2, 0.25) is 0 Å². The quantitative estimate of drug-likeness (QED) is 0.413. The average Bonchev–Trinajstić information content (AvgIpc) is 3.28. The number of anilines is 1. The smallest absolute Gasteiger partial charge is 0.310 e. The van der Waals surface area contributed by atoms with Crippen LogP contribution in [0.25, 0.3) is 21.5 Å². The maximum Gasteiger partial charge on any atom is 0.310 e. The Balaban J connectivity index is 1.68. The highest BCUT2D eigenvalue weighted by atomic mass is 32.1. The van der Waals surface area contributed by atoms with E-state index < -0.39 is 5.91 Å². The van der Waals surface area contributed by atoms with Crippen molar-refractivity contribution in [3.8, 4) is 11.3 Å². The Labute approximate surface area is 189 Å². The fraction of sp³-hybridized carbons (Fsp3) is 0.167. The molecule has 2 aromatic carbocycles. The van der Waals surface area contributed by atoms with Crippen LogP contribution < -0.4 is 11.1 Å².